The summed E-state index contributed by atoms with van der Waals surface area (Å²) in [4.78, 5) is 23.3. The highest BCUT2D eigenvalue weighted by molar-refractivity contribution is 5.86. The third-order valence-corrected chi connectivity index (χ3v) is 3.87. The molecule has 4 aromatic rings. The van der Waals surface area contributed by atoms with Gasteiger partial charge in [-0.25, -0.2) is 19.3 Å². The predicted octanol–water partition coefficient (Wildman–Crippen LogP) is 5.00. The zero-order valence-electron chi connectivity index (χ0n) is 16.3. The number of aromatic amines is 1. The number of benzene rings is 2. The standard InChI is InChI=1S/C13H16N2O2.C8H8N2/c1-9-5-6-11-10(7-9)14-8-15(11)12(16)17-13(2,3)4;1-6-2-3-7-8(4-6)10-5-9-7/h5-8H,1-4H3;2-5H,1H3,(H,9,10). The number of H-pyrrole nitrogens is 1. The number of aromatic nitrogens is 4. The molecule has 0 aliphatic rings. The fraction of sp³-hybridized carbons (Fsp3) is 0.286. The zero-order chi connectivity index (χ0) is 19.6. The number of carbonyl (C=O) groups is 1. The Kier molecular flexibility index (Phi) is 4.99. The summed E-state index contributed by atoms with van der Waals surface area (Å²) in [5, 5.41) is 0. The van der Waals surface area contributed by atoms with Gasteiger partial charge in [0.25, 0.3) is 0 Å². The van der Waals surface area contributed by atoms with E-state index in [2.05, 4.69) is 34.0 Å². The smallest absolute Gasteiger partial charge is 0.420 e. The van der Waals surface area contributed by atoms with Gasteiger partial charge in [0.05, 0.1) is 28.4 Å². The maximum atomic E-state index is 11.9. The van der Waals surface area contributed by atoms with Gasteiger partial charge in [0, 0.05) is 0 Å². The van der Waals surface area contributed by atoms with Crippen LogP contribution in [0.2, 0.25) is 0 Å². The van der Waals surface area contributed by atoms with Crippen molar-refractivity contribution in [3.8, 4) is 0 Å². The van der Waals surface area contributed by atoms with Crippen LogP contribution in [0.1, 0.15) is 31.9 Å². The summed E-state index contributed by atoms with van der Waals surface area (Å²) in [6.07, 6.45) is 2.81. The number of ether oxygens (including phenoxy) is 1. The van der Waals surface area contributed by atoms with Crippen molar-refractivity contribution < 1.29 is 9.53 Å². The molecule has 0 bridgehead atoms. The van der Waals surface area contributed by atoms with E-state index in [9.17, 15) is 4.79 Å². The van der Waals surface area contributed by atoms with Crippen LogP contribution >= 0.6 is 0 Å². The summed E-state index contributed by atoms with van der Waals surface area (Å²) >= 11 is 0. The maximum absolute atomic E-state index is 11.9. The van der Waals surface area contributed by atoms with Crippen LogP contribution in [-0.4, -0.2) is 31.2 Å². The van der Waals surface area contributed by atoms with Crippen molar-refractivity contribution in [1.82, 2.24) is 19.5 Å². The Hall–Kier alpha value is -3.15. The van der Waals surface area contributed by atoms with Gasteiger partial charge < -0.3 is 9.72 Å². The van der Waals surface area contributed by atoms with Gasteiger partial charge in [0.15, 0.2) is 0 Å². The molecule has 0 unspecified atom stereocenters. The molecule has 0 aliphatic carbocycles. The molecule has 0 amide bonds. The number of carbonyl (C=O) groups excluding carboxylic acids is 1. The van der Waals surface area contributed by atoms with Crippen molar-refractivity contribution in [2.45, 2.75) is 40.2 Å². The van der Waals surface area contributed by atoms with Crippen molar-refractivity contribution in [3.05, 3.63) is 60.2 Å². The molecule has 2 aromatic heterocycles. The number of aryl methyl sites for hydroxylation is 2. The highest BCUT2D eigenvalue weighted by Crippen LogP contribution is 2.17. The summed E-state index contributed by atoms with van der Waals surface area (Å²) in [6.45, 7) is 9.59. The normalized spacial score (nSPS) is 11.3. The molecule has 0 spiro atoms. The van der Waals surface area contributed by atoms with Crippen LogP contribution in [0.25, 0.3) is 22.1 Å². The van der Waals surface area contributed by atoms with Gasteiger partial charge in [-0.1, -0.05) is 12.1 Å². The highest BCUT2D eigenvalue weighted by Gasteiger charge is 2.19. The van der Waals surface area contributed by atoms with E-state index in [4.69, 9.17) is 4.74 Å². The van der Waals surface area contributed by atoms with Crippen molar-refractivity contribution in [1.29, 1.82) is 0 Å². The minimum absolute atomic E-state index is 0.399. The molecule has 140 valence electrons. The molecule has 0 atom stereocenters. The Labute approximate surface area is 158 Å². The number of hydrogen-bond donors (Lipinski definition) is 1. The molecule has 2 heterocycles. The van der Waals surface area contributed by atoms with Crippen LogP contribution in [0.5, 0.6) is 0 Å². The SMILES string of the molecule is Cc1ccc2c(c1)ncn2C(=O)OC(C)(C)C.Cc1ccc2nc[nH]c2c1. The van der Waals surface area contributed by atoms with Gasteiger partial charge in [-0.05, 0) is 70.0 Å². The second kappa shape index (κ2) is 7.23. The lowest BCUT2D eigenvalue weighted by atomic mass is 10.2. The molecule has 6 heteroatoms. The quantitative estimate of drug-likeness (QED) is 0.476. The average Bonchev–Trinajstić information content (AvgIpc) is 3.19. The molecule has 0 saturated heterocycles. The van der Waals surface area contributed by atoms with E-state index in [0.717, 1.165) is 27.6 Å². The van der Waals surface area contributed by atoms with E-state index in [1.807, 2.05) is 52.0 Å². The van der Waals surface area contributed by atoms with Crippen LogP contribution in [0.3, 0.4) is 0 Å². The van der Waals surface area contributed by atoms with Gasteiger partial charge in [-0.2, -0.15) is 0 Å². The number of hydrogen-bond acceptors (Lipinski definition) is 4. The van der Waals surface area contributed by atoms with E-state index in [0.29, 0.717) is 0 Å². The molecule has 27 heavy (non-hydrogen) atoms. The van der Waals surface area contributed by atoms with E-state index in [1.165, 1.54) is 16.5 Å². The van der Waals surface area contributed by atoms with Gasteiger partial charge in [-0.15, -0.1) is 0 Å². The first-order valence-corrected chi connectivity index (χ1v) is 8.80. The molecule has 2 aromatic carbocycles. The molecule has 0 fully saturated rings. The second-order valence-corrected chi connectivity index (χ2v) is 7.51. The van der Waals surface area contributed by atoms with E-state index >= 15 is 0 Å². The second-order valence-electron chi connectivity index (χ2n) is 7.51. The van der Waals surface area contributed by atoms with Crippen LogP contribution in [0, 0.1) is 13.8 Å². The summed E-state index contributed by atoms with van der Waals surface area (Å²) in [6, 6.07) is 11.9. The summed E-state index contributed by atoms with van der Waals surface area (Å²) in [7, 11) is 0. The topological polar surface area (TPSA) is 72.8 Å². The Morgan fingerprint density at radius 2 is 1.70 bits per heavy atom. The first-order valence-electron chi connectivity index (χ1n) is 8.80. The van der Waals surface area contributed by atoms with Crippen LogP contribution in [0.4, 0.5) is 4.79 Å². The largest absolute Gasteiger partial charge is 0.443 e. The third-order valence-electron chi connectivity index (χ3n) is 3.87. The predicted molar refractivity (Wildman–Crippen MR) is 107 cm³/mol. The minimum Gasteiger partial charge on any atom is -0.443 e. The fourth-order valence-corrected chi connectivity index (χ4v) is 2.63. The molecular formula is C21H24N4O2. The van der Waals surface area contributed by atoms with Gasteiger partial charge >= 0.3 is 6.09 Å². The molecule has 0 radical (unpaired) electrons. The van der Waals surface area contributed by atoms with Crippen LogP contribution in [-0.2, 0) is 4.74 Å². The lowest BCUT2D eigenvalue weighted by Crippen LogP contribution is -2.26. The zero-order valence-corrected chi connectivity index (χ0v) is 16.3. The van der Waals surface area contributed by atoms with Crippen LogP contribution < -0.4 is 0 Å². The van der Waals surface area contributed by atoms with Crippen molar-refractivity contribution in [2.75, 3.05) is 0 Å². The van der Waals surface area contributed by atoms with Crippen molar-refractivity contribution in [3.63, 3.8) is 0 Å². The van der Waals surface area contributed by atoms with E-state index in [-0.39, 0.29) is 0 Å². The van der Waals surface area contributed by atoms with Gasteiger partial charge in [-0.3, -0.25) is 0 Å². The summed E-state index contributed by atoms with van der Waals surface area (Å²) < 4.78 is 6.74. The molecule has 0 aliphatic heterocycles. The highest BCUT2D eigenvalue weighted by atomic mass is 16.6. The Morgan fingerprint density at radius 3 is 2.44 bits per heavy atom. The van der Waals surface area contributed by atoms with Crippen LogP contribution in [0.15, 0.2) is 49.1 Å². The molecule has 1 N–H and O–H groups in total. The molecule has 4 rings (SSSR count). The maximum Gasteiger partial charge on any atom is 0.420 e. The van der Waals surface area contributed by atoms with Gasteiger partial charge in [0.2, 0.25) is 0 Å². The van der Waals surface area contributed by atoms with Crippen molar-refractivity contribution >= 4 is 28.2 Å². The minimum atomic E-state index is -0.502. The first kappa shape index (κ1) is 18.6. The number of fused-ring (bicyclic) bond motifs is 2. The Balaban J connectivity index is 0.000000177. The van der Waals surface area contributed by atoms with E-state index in [1.54, 1.807) is 6.33 Å². The lowest BCUT2D eigenvalue weighted by Gasteiger charge is -2.19. The number of nitrogens with one attached hydrogen (secondary N) is 1. The Morgan fingerprint density at radius 1 is 1.00 bits per heavy atom. The summed E-state index contributed by atoms with van der Waals surface area (Å²) in [5.74, 6) is 0. The van der Waals surface area contributed by atoms with E-state index < -0.39 is 11.7 Å². The average molecular weight is 364 g/mol. The monoisotopic (exact) mass is 364 g/mol. The van der Waals surface area contributed by atoms with Crippen molar-refractivity contribution in [2.24, 2.45) is 0 Å². The molecular weight excluding hydrogens is 340 g/mol. The number of imidazole rings is 2. The number of nitrogens with zero attached hydrogens (tertiary/aromatic N) is 3. The molecule has 0 saturated carbocycles. The third kappa shape index (κ3) is 4.53. The first-order chi connectivity index (χ1) is 12.7. The summed E-state index contributed by atoms with van der Waals surface area (Å²) in [5.41, 5.74) is 5.59. The Bertz CT molecular complexity index is 1090. The fourth-order valence-electron chi connectivity index (χ4n) is 2.63. The number of rotatable bonds is 0. The van der Waals surface area contributed by atoms with Gasteiger partial charge in [0.1, 0.15) is 11.9 Å². The lowest BCUT2D eigenvalue weighted by molar-refractivity contribution is 0.0543. The molecule has 6 nitrogen and oxygen atoms in total.